The molecule has 0 aliphatic rings. The summed E-state index contributed by atoms with van der Waals surface area (Å²) >= 11 is 0. The Hall–Kier alpha value is -1.57. The first-order chi connectivity index (χ1) is 8.31. The molecule has 0 bridgehead atoms. The largest absolute Gasteiger partial charge is 0.395 e. The Morgan fingerprint density at radius 3 is 2.47 bits per heavy atom. The third-order valence-corrected chi connectivity index (χ3v) is 2.54. The number of aliphatic hydroxyl groups is 2. The highest BCUT2D eigenvalue weighted by atomic mass is 16.3. The van der Waals surface area contributed by atoms with Gasteiger partial charge in [0.25, 0.3) is 0 Å². The summed E-state index contributed by atoms with van der Waals surface area (Å²) in [6.07, 6.45) is 1.24. The van der Waals surface area contributed by atoms with Gasteiger partial charge in [-0.25, -0.2) is 0 Å². The predicted molar refractivity (Wildman–Crippen MR) is 66.8 cm³/mol. The highest BCUT2D eigenvalue weighted by Crippen LogP contribution is 2.16. The number of anilines is 1. The van der Waals surface area contributed by atoms with Crippen LogP contribution in [-0.2, 0) is 6.42 Å². The number of rotatable bonds is 7. The molecule has 0 saturated carbocycles. The van der Waals surface area contributed by atoms with Crippen molar-refractivity contribution >= 4 is 5.69 Å². The minimum absolute atomic E-state index is 0.0580. The van der Waals surface area contributed by atoms with Crippen molar-refractivity contribution in [1.29, 1.82) is 5.26 Å². The van der Waals surface area contributed by atoms with E-state index in [0.717, 1.165) is 17.7 Å². The van der Waals surface area contributed by atoms with Crippen LogP contribution in [0.25, 0.3) is 0 Å². The average Bonchev–Trinajstić information content (AvgIpc) is 2.36. The Labute approximate surface area is 102 Å². The van der Waals surface area contributed by atoms with Crippen molar-refractivity contribution in [2.24, 2.45) is 0 Å². The number of hydrogen-bond acceptors (Lipinski definition) is 4. The minimum atomic E-state index is 0.0580. The van der Waals surface area contributed by atoms with Crippen LogP contribution in [0.2, 0.25) is 0 Å². The summed E-state index contributed by atoms with van der Waals surface area (Å²) in [7, 11) is 0. The van der Waals surface area contributed by atoms with Gasteiger partial charge in [0, 0.05) is 25.2 Å². The lowest BCUT2D eigenvalue weighted by Gasteiger charge is -2.23. The van der Waals surface area contributed by atoms with Gasteiger partial charge in [0.05, 0.1) is 19.3 Å². The van der Waals surface area contributed by atoms with Gasteiger partial charge in [-0.1, -0.05) is 12.1 Å². The molecule has 1 rings (SSSR count). The topological polar surface area (TPSA) is 67.5 Å². The van der Waals surface area contributed by atoms with Gasteiger partial charge in [-0.2, -0.15) is 5.26 Å². The number of benzene rings is 1. The highest BCUT2D eigenvalue weighted by molar-refractivity contribution is 5.48. The van der Waals surface area contributed by atoms with Crippen molar-refractivity contribution in [2.45, 2.75) is 12.8 Å². The maximum atomic E-state index is 8.97. The van der Waals surface area contributed by atoms with Crippen molar-refractivity contribution in [1.82, 2.24) is 0 Å². The number of nitriles is 1. The van der Waals surface area contributed by atoms with E-state index >= 15 is 0 Å². The number of hydrogen-bond donors (Lipinski definition) is 2. The first-order valence-corrected chi connectivity index (χ1v) is 5.74. The third-order valence-electron chi connectivity index (χ3n) is 2.54. The fraction of sp³-hybridized carbons (Fsp3) is 0.462. The van der Waals surface area contributed by atoms with Gasteiger partial charge in [-0.3, -0.25) is 0 Å². The van der Waals surface area contributed by atoms with Gasteiger partial charge in [0.1, 0.15) is 0 Å². The van der Waals surface area contributed by atoms with E-state index in [1.54, 1.807) is 0 Å². The van der Waals surface area contributed by atoms with Crippen molar-refractivity contribution in [3.05, 3.63) is 29.8 Å². The first kappa shape index (κ1) is 13.5. The highest BCUT2D eigenvalue weighted by Gasteiger charge is 2.05. The fourth-order valence-corrected chi connectivity index (χ4v) is 1.72. The Kier molecular flexibility index (Phi) is 6.08. The lowest BCUT2D eigenvalue weighted by Crippen LogP contribution is -2.29. The van der Waals surface area contributed by atoms with Gasteiger partial charge in [0.2, 0.25) is 0 Å². The molecule has 4 heteroatoms. The molecular weight excluding hydrogens is 216 g/mol. The second-order valence-electron chi connectivity index (χ2n) is 3.76. The Morgan fingerprint density at radius 2 is 1.88 bits per heavy atom. The molecule has 1 aromatic rings. The van der Waals surface area contributed by atoms with E-state index in [-0.39, 0.29) is 13.2 Å². The SMILES string of the molecule is N#CCCc1cccc(N(CCO)CCO)c1. The molecule has 0 saturated heterocycles. The van der Waals surface area contributed by atoms with Gasteiger partial charge in [-0.05, 0) is 24.1 Å². The van der Waals surface area contributed by atoms with Crippen LogP contribution < -0.4 is 4.90 Å². The van der Waals surface area contributed by atoms with Crippen LogP contribution in [0, 0.1) is 11.3 Å². The summed E-state index contributed by atoms with van der Waals surface area (Å²) in [5.74, 6) is 0. The maximum absolute atomic E-state index is 8.97. The van der Waals surface area contributed by atoms with Crippen molar-refractivity contribution in [3.8, 4) is 6.07 Å². The molecule has 0 aliphatic carbocycles. The van der Waals surface area contributed by atoms with E-state index in [9.17, 15) is 0 Å². The molecule has 0 atom stereocenters. The minimum Gasteiger partial charge on any atom is -0.395 e. The average molecular weight is 234 g/mol. The van der Waals surface area contributed by atoms with Gasteiger partial charge >= 0.3 is 0 Å². The molecule has 2 N–H and O–H groups in total. The molecule has 0 spiro atoms. The lowest BCUT2D eigenvalue weighted by molar-refractivity contribution is 0.281. The van der Waals surface area contributed by atoms with Crippen LogP contribution >= 0.6 is 0 Å². The van der Waals surface area contributed by atoms with Crippen LogP contribution in [0.1, 0.15) is 12.0 Å². The zero-order valence-corrected chi connectivity index (χ0v) is 9.84. The quantitative estimate of drug-likeness (QED) is 0.736. The summed E-state index contributed by atoms with van der Waals surface area (Å²) in [5, 5.41) is 26.5. The Bertz CT molecular complexity index is 368. The first-order valence-electron chi connectivity index (χ1n) is 5.74. The molecule has 1 aromatic carbocycles. The van der Waals surface area contributed by atoms with Gasteiger partial charge in [0.15, 0.2) is 0 Å². The maximum Gasteiger partial charge on any atom is 0.0625 e. The number of aryl methyl sites for hydroxylation is 1. The van der Waals surface area contributed by atoms with Crippen LogP contribution in [0.3, 0.4) is 0 Å². The predicted octanol–water partition coefficient (Wildman–Crippen LogP) is 0.934. The van der Waals surface area contributed by atoms with Crippen LogP contribution in [0.5, 0.6) is 0 Å². The van der Waals surface area contributed by atoms with E-state index in [4.69, 9.17) is 15.5 Å². The number of nitrogens with zero attached hydrogens (tertiary/aromatic N) is 2. The fourth-order valence-electron chi connectivity index (χ4n) is 1.72. The summed E-state index contributed by atoms with van der Waals surface area (Å²) in [5.41, 5.74) is 2.08. The summed E-state index contributed by atoms with van der Waals surface area (Å²) < 4.78 is 0. The van der Waals surface area contributed by atoms with Gasteiger partial charge < -0.3 is 15.1 Å². The van der Waals surface area contributed by atoms with Crippen LogP contribution in [0.4, 0.5) is 5.69 Å². The van der Waals surface area contributed by atoms with Gasteiger partial charge in [-0.15, -0.1) is 0 Å². The molecule has 92 valence electrons. The second-order valence-corrected chi connectivity index (χ2v) is 3.76. The lowest BCUT2D eigenvalue weighted by atomic mass is 10.1. The Morgan fingerprint density at radius 1 is 1.18 bits per heavy atom. The Balaban J connectivity index is 2.76. The third kappa shape index (κ3) is 4.43. The summed E-state index contributed by atoms with van der Waals surface area (Å²) in [6, 6.07) is 9.99. The van der Waals surface area contributed by atoms with Crippen LogP contribution in [0.15, 0.2) is 24.3 Å². The van der Waals surface area contributed by atoms with E-state index in [2.05, 4.69) is 6.07 Å². The van der Waals surface area contributed by atoms with Crippen molar-refractivity contribution < 1.29 is 10.2 Å². The zero-order valence-electron chi connectivity index (χ0n) is 9.84. The molecule has 0 heterocycles. The molecular formula is C13H18N2O2. The van der Waals surface area contributed by atoms with Crippen molar-refractivity contribution in [3.63, 3.8) is 0 Å². The molecule has 0 aromatic heterocycles. The van der Waals surface area contributed by atoms with Crippen molar-refractivity contribution in [2.75, 3.05) is 31.2 Å². The smallest absolute Gasteiger partial charge is 0.0625 e. The standard InChI is InChI=1S/C13H18N2O2/c14-6-2-4-12-3-1-5-13(11-12)15(7-9-16)8-10-17/h1,3,5,11,16-17H,2,4,7-10H2. The summed E-state index contributed by atoms with van der Waals surface area (Å²) in [6.45, 7) is 1.12. The van der Waals surface area contributed by atoms with Crippen LogP contribution in [-0.4, -0.2) is 36.5 Å². The molecule has 0 unspecified atom stereocenters. The molecule has 0 amide bonds. The van der Waals surface area contributed by atoms with E-state index in [1.165, 1.54) is 0 Å². The normalized spacial score (nSPS) is 9.94. The van der Waals surface area contributed by atoms with E-state index in [1.807, 2.05) is 29.2 Å². The second kappa shape index (κ2) is 7.66. The molecule has 17 heavy (non-hydrogen) atoms. The monoisotopic (exact) mass is 234 g/mol. The molecule has 0 fully saturated rings. The molecule has 0 radical (unpaired) electrons. The molecule has 4 nitrogen and oxygen atoms in total. The molecule has 0 aliphatic heterocycles. The van der Waals surface area contributed by atoms with E-state index < -0.39 is 0 Å². The number of aliphatic hydroxyl groups excluding tert-OH is 2. The summed E-state index contributed by atoms with van der Waals surface area (Å²) in [4.78, 5) is 1.93. The zero-order chi connectivity index (χ0) is 12.5. The van der Waals surface area contributed by atoms with E-state index in [0.29, 0.717) is 19.5 Å².